The summed E-state index contributed by atoms with van der Waals surface area (Å²) in [5, 5.41) is 0. The van der Waals surface area contributed by atoms with Gasteiger partial charge in [0.1, 0.15) is 11.6 Å². The van der Waals surface area contributed by atoms with Crippen molar-refractivity contribution in [3.05, 3.63) is 62.9 Å². The van der Waals surface area contributed by atoms with Crippen LogP contribution in [-0.2, 0) is 6.42 Å². The van der Waals surface area contributed by atoms with Gasteiger partial charge in [0, 0.05) is 14.9 Å². The lowest BCUT2D eigenvalue weighted by Gasteiger charge is -2.20. The summed E-state index contributed by atoms with van der Waals surface area (Å²) in [7, 11) is 1.67. The molecule has 0 spiro atoms. The summed E-state index contributed by atoms with van der Waals surface area (Å²) in [5.74, 6) is 0.680. The average Bonchev–Trinajstić information content (AvgIpc) is 2.44. The Kier molecular flexibility index (Phi) is 5.44. The van der Waals surface area contributed by atoms with Crippen LogP contribution < -0.4 is 4.74 Å². The van der Waals surface area contributed by atoms with E-state index in [9.17, 15) is 4.39 Å². The first-order valence-corrected chi connectivity index (χ1v) is 8.37. The third kappa shape index (κ3) is 3.49. The molecule has 0 heterocycles. The van der Waals surface area contributed by atoms with Crippen molar-refractivity contribution < 1.29 is 9.13 Å². The predicted octanol–water partition coefficient (Wildman–Crippen LogP) is 5.89. The van der Waals surface area contributed by atoms with E-state index in [0.29, 0.717) is 12.0 Å². The monoisotopic (exact) mass is 414 g/mol. The van der Waals surface area contributed by atoms with Crippen LogP contribution in [0.25, 0.3) is 0 Å². The van der Waals surface area contributed by atoms with E-state index in [0.717, 1.165) is 26.9 Å². The van der Waals surface area contributed by atoms with Gasteiger partial charge < -0.3 is 4.74 Å². The first-order chi connectivity index (χ1) is 9.95. The number of methoxy groups -OCH3 is 1. The van der Waals surface area contributed by atoms with Crippen LogP contribution in [-0.4, -0.2) is 7.11 Å². The molecule has 0 saturated carbocycles. The molecule has 2 rings (SSSR count). The molecule has 0 aliphatic carbocycles. The average molecular weight is 416 g/mol. The maximum atomic E-state index is 13.8. The standard InChI is InChI=1S/C17H17Br2FO/c1-10-8-13(18)11(2)16(17(10)21-3)14(19)9-12-6-4-5-7-15(12)20/h4-8,14H,9H2,1-3H3. The highest BCUT2D eigenvalue weighted by atomic mass is 79.9. The second-order valence-corrected chi connectivity index (χ2v) is 6.97. The summed E-state index contributed by atoms with van der Waals surface area (Å²) in [5.41, 5.74) is 3.92. The highest BCUT2D eigenvalue weighted by Crippen LogP contribution is 2.41. The molecule has 112 valence electrons. The minimum absolute atomic E-state index is 0.0134. The lowest BCUT2D eigenvalue weighted by Crippen LogP contribution is -2.05. The Hall–Kier alpha value is -0.870. The third-order valence-electron chi connectivity index (χ3n) is 3.58. The first-order valence-electron chi connectivity index (χ1n) is 6.66. The van der Waals surface area contributed by atoms with Crippen LogP contribution in [0.1, 0.15) is 27.1 Å². The van der Waals surface area contributed by atoms with Crippen molar-refractivity contribution in [2.45, 2.75) is 25.1 Å². The Balaban J connectivity index is 2.44. The Morgan fingerprint density at radius 2 is 1.90 bits per heavy atom. The van der Waals surface area contributed by atoms with Gasteiger partial charge in [-0.2, -0.15) is 0 Å². The SMILES string of the molecule is COc1c(C)cc(Br)c(C)c1C(Br)Cc1ccccc1F. The van der Waals surface area contributed by atoms with Gasteiger partial charge in [-0.15, -0.1) is 0 Å². The number of halogens is 3. The van der Waals surface area contributed by atoms with Gasteiger partial charge >= 0.3 is 0 Å². The van der Waals surface area contributed by atoms with E-state index < -0.39 is 0 Å². The molecule has 21 heavy (non-hydrogen) atoms. The molecule has 0 amide bonds. The minimum atomic E-state index is -0.176. The molecule has 2 aromatic rings. The molecule has 0 bridgehead atoms. The van der Waals surface area contributed by atoms with E-state index in [4.69, 9.17) is 4.74 Å². The van der Waals surface area contributed by atoms with Crippen LogP contribution in [0.3, 0.4) is 0 Å². The Bertz CT molecular complexity index is 655. The number of rotatable bonds is 4. The van der Waals surface area contributed by atoms with Crippen LogP contribution in [0.5, 0.6) is 5.75 Å². The van der Waals surface area contributed by atoms with Crippen LogP contribution in [0.2, 0.25) is 0 Å². The Morgan fingerprint density at radius 3 is 2.52 bits per heavy atom. The second-order valence-electron chi connectivity index (χ2n) is 5.01. The molecule has 1 nitrogen and oxygen atoms in total. The maximum Gasteiger partial charge on any atom is 0.126 e. The Labute approximate surface area is 141 Å². The molecule has 1 atom stereocenters. The van der Waals surface area contributed by atoms with Crippen molar-refractivity contribution in [3.63, 3.8) is 0 Å². The number of hydrogen-bond donors (Lipinski definition) is 0. The predicted molar refractivity (Wildman–Crippen MR) is 91.9 cm³/mol. The van der Waals surface area contributed by atoms with E-state index in [1.165, 1.54) is 6.07 Å². The van der Waals surface area contributed by atoms with Crippen molar-refractivity contribution in [2.75, 3.05) is 7.11 Å². The fourth-order valence-corrected chi connectivity index (χ4v) is 3.94. The lowest BCUT2D eigenvalue weighted by molar-refractivity contribution is 0.405. The molecule has 2 aromatic carbocycles. The molecule has 4 heteroatoms. The van der Waals surface area contributed by atoms with Crippen LogP contribution in [0, 0.1) is 19.7 Å². The summed E-state index contributed by atoms with van der Waals surface area (Å²) in [6, 6.07) is 8.91. The topological polar surface area (TPSA) is 9.23 Å². The van der Waals surface area contributed by atoms with Gasteiger partial charge in [-0.3, -0.25) is 0 Å². The van der Waals surface area contributed by atoms with E-state index in [-0.39, 0.29) is 10.6 Å². The molecule has 0 aliphatic heterocycles. The highest BCUT2D eigenvalue weighted by molar-refractivity contribution is 9.10. The van der Waals surface area contributed by atoms with Crippen molar-refractivity contribution >= 4 is 31.9 Å². The van der Waals surface area contributed by atoms with E-state index in [1.54, 1.807) is 13.2 Å². The van der Waals surface area contributed by atoms with Crippen LogP contribution in [0.15, 0.2) is 34.8 Å². The molecule has 0 fully saturated rings. The molecule has 0 aliphatic rings. The highest BCUT2D eigenvalue weighted by Gasteiger charge is 2.21. The van der Waals surface area contributed by atoms with Gasteiger partial charge in [0.15, 0.2) is 0 Å². The number of alkyl halides is 1. The summed E-state index contributed by atoms with van der Waals surface area (Å²) < 4.78 is 20.4. The fourth-order valence-electron chi connectivity index (χ4n) is 2.48. The third-order valence-corrected chi connectivity index (χ3v) is 5.19. The molecule has 0 saturated heterocycles. The van der Waals surface area contributed by atoms with Gasteiger partial charge in [0.05, 0.1) is 7.11 Å². The smallest absolute Gasteiger partial charge is 0.126 e. The van der Waals surface area contributed by atoms with E-state index in [1.807, 2.05) is 32.0 Å². The number of benzene rings is 2. The van der Waals surface area contributed by atoms with Gasteiger partial charge in [-0.25, -0.2) is 4.39 Å². The van der Waals surface area contributed by atoms with Crippen molar-refractivity contribution in [2.24, 2.45) is 0 Å². The molecule has 0 aromatic heterocycles. The van der Waals surface area contributed by atoms with Crippen LogP contribution >= 0.6 is 31.9 Å². The zero-order valence-corrected chi connectivity index (χ0v) is 15.4. The number of hydrogen-bond acceptors (Lipinski definition) is 1. The molecule has 0 N–H and O–H groups in total. The van der Waals surface area contributed by atoms with Gasteiger partial charge in [-0.1, -0.05) is 50.1 Å². The largest absolute Gasteiger partial charge is 0.496 e. The van der Waals surface area contributed by atoms with E-state index in [2.05, 4.69) is 31.9 Å². The quantitative estimate of drug-likeness (QED) is 0.565. The Morgan fingerprint density at radius 1 is 1.24 bits per heavy atom. The van der Waals surface area contributed by atoms with Gasteiger partial charge in [0.25, 0.3) is 0 Å². The van der Waals surface area contributed by atoms with Crippen LogP contribution in [0.4, 0.5) is 4.39 Å². The van der Waals surface area contributed by atoms with Crippen molar-refractivity contribution in [1.82, 2.24) is 0 Å². The molecular weight excluding hydrogens is 399 g/mol. The van der Waals surface area contributed by atoms with Crippen molar-refractivity contribution in [3.8, 4) is 5.75 Å². The summed E-state index contributed by atoms with van der Waals surface area (Å²) >= 11 is 7.28. The normalized spacial score (nSPS) is 12.3. The number of aryl methyl sites for hydroxylation is 1. The second kappa shape index (κ2) is 6.93. The van der Waals surface area contributed by atoms with Crippen molar-refractivity contribution in [1.29, 1.82) is 0 Å². The van der Waals surface area contributed by atoms with Gasteiger partial charge in [-0.05, 0) is 49.1 Å². The first kappa shape index (κ1) is 16.5. The number of ether oxygens (including phenoxy) is 1. The molecule has 0 radical (unpaired) electrons. The molecule has 1 unspecified atom stereocenters. The fraction of sp³-hybridized carbons (Fsp3) is 0.294. The summed E-state index contributed by atoms with van der Waals surface area (Å²) in [6.07, 6.45) is 0.569. The lowest BCUT2D eigenvalue weighted by atomic mass is 9.97. The molecular formula is C17H17Br2FO. The summed E-state index contributed by atoms with van der Waals surface area (Å²) in [4.78, 5) is -0.0134. The zero-order valence-electron chi connectivity index (χ0n) is 12.2. The zero-order chi connectivity index (χ0) is 15.6. The van der Waals surface area contributed by atoms with E-state index >= 15 is 0 Å². The maximum absolute atomic E-state index is 13.8. The van der Waals surface area contributed by atoms with Gasteiger partial charge in [0.2, 0.25) is 0 Å². The minimum Gasteiger partial charge on any atom is -0.496 e. The summed E-state index contributed by atoms with van der Waals surface area (Å²) in [6.45, 7) is 4.05.